The number of nitrogens with zero attached hydrogens (tertiary/aromatic N) is 1. The van der Waals surface area contributed by atoms with Crippen molar-refractivity contribution >= 4 is 29.4 Å². The molecule has 0 saturated carbocycles. The van der Waals surface area contributed by atoms with E-state index in [0.29, 0.717) is 32.7 Å². The molecule has 1 N–H and O–H groups in total. The summed E-state index contributed by atoms with van der Waals surface area (Å²) in [4.78, 5) is 41.0. The second kappa shape index (κ2) is 22.5. The molecular weight excluding hydrogens is 570 g/mol. The van der Waals surface area contributed by atoms with Crippen LogP contribution in [0.1, 0.15) is 101 Å². The molecule has 0 aliphatic rings. The molecule has 1 amide bonds. The Balaban J connectivity index is 0.00000947. The van der Waals surface area contributed by atoms with E-state index in [4.69, 9.17) is 14.2 Å². The van der Waals surface area contributed by atoms with Gasteiger partial charge in [0.2, 0.25) is 5.91 Å². The molecule has 0 saturated heterocycles. The first-order valence-corrected chi connectivity index (χ1v) is 16.3. The minimum absolute atomic E-state index is 0.0133. The lowest BCUT2D eigenvalue weighted by Gasteiger charge is -2.29. The summed E-state index contributed by atoms with van der Waals surface area (Å²) in [5.41, 5.74) is 1.63. The van der Waals surface area contributed by atoms with Crippen molar-refractivity contribution in [2.75, 3.05) is 19.8 Å². The maximum absolute atomic E-state index is 12.7. The first-order valence-electron chi connectivity index (χ1n) is 16.3. The molecule has 0 bridgehead atoms. The highest BCUT2D eigenvalue weighted by Gasteiger charge is 2.32. The molecule has 0 aromatic heterocycles. The number of amides is 1. The second-order valence-electron chi connectivity index (χ2n) is 12.1. The highest BCUT2D eigenvalue weighted by Crippen LogP contribution is 2.19. The molecule has 4 atom stereocenters. The number of benzene rings is 1. The summed E-state index contributed by atoms with van der Waals surface area (Å²) in [5, 5.41) is 10.2. The summed E-state index contributed by atoms with van der Waals surface area (Å²) < 4.78 is 17.5. The monoisotopic (exact) mass is 629 g/mol. The molecule has 8 nitrogen and oxygen atoms in total. The average molecular weight is 630 g/mol. The Morgan fingerprint density at radius 1 is 1.00 bits per heavy atom. The van der Waals surface area contributed by atoms with Gasteiger partial charge in [-0.1, -0.05) is 90.1 Å². The quantitative estimate of drug-likeness (QED) is 0.0733. The molecule has 0 fully saturated rings. The molecule has 254 valence electrons. The van der Waals surface area contributed by atoms with E-state index in [1.165, 1.54) is 13.8 Å². The van der Waals surface area contributed by atoms with Crippen LogP contribution in [0.4, 0.5) is 0 Å². The van der Waals surface area contributed by atoms with E-state index in [1.54, 1.807) is 13.8 Å². The van der Waals surface area contributed by atoms with Gasteiger partial charge in [0.25, 0.3) is 0 Å². The Morgan fingerprint density at radius 2 is 1.62 bits per heavy atom. The number of ether oxygens (including phenoxy) is 3. The Labute approximate surface area is 272 Å². The van der Waals surface area contributed by atoms with Gasteiger partial charge >= 0.3 is 5.97 Å². The molecule has 0 aliphatic heterocycles. The van der Waals surface area contributed by atoms with Crippen LogP contribution < -0.4 is 0 Å². The van der Waals surface area contributed by atoms with Crippen LogP contribution in [0.3, 0.4) is 0 Å². The summed E-state index contributed by atoms with van der Waals surface area (Å²) in [6, 6.07) is 9.96. The van der Waals surface area contributed by atoms with Gasteiger partial charge in [-0.15, -0.1) is 0 Å². The number of hydrogen-bond acceptors (Lipinski definition) is 7. The normalized spacial score (nSPS) is 15.2. The molecule has 0 aliphatic carbocycles. The Hall–Kier alpha value is -2.94. The van der Waals surface area contributed by atoms with E-state index in [1.807, 2.05) is 97.0 Å². The highest BCUT2D eigenvalue weighted by molar-refractivity contribution is 5.98. The number of rotatable bonds is 19. The van der Waals surface area contributed by atoms with Crippen molar-refractivity contribution in [3.8, 4) is 0 Å². The third kappa shape index (κ3) is 18.0. The number of ketones is 1. The zero-order chi connectivity index (χ0) is 34.6. The number of aliphatic imine (C=N–C) groups is 1. The molecule has 1 aromatic carbocycles. The lowest BCUT2D eigenvalue weighted by atomic mass is 9.96. The average Bonchev–Trinajstić information content (AvgIpc) is 2.99. The lowest BCUT2D eigenvalue weighted by molar-refractivity contribution is -0.168. The van der Waals surface area contributed by atoms with Gasteiger partial charge in [0, 0.05) is 25.0 Å². The zero-order valence-electron chi connectivity index (χ0n) is 29.6. The van der Waals surface area contributed by atoms with Crippen LogP contribution in [-0.4, -0.2) is 66.1 Å². The molecule has 0 heterocycles. The molecule has 1 aromatic rings. The first kappa shape index (κ1) is 42.1. The number of allylic oxidation sites excluding steroid dienone is 2. The molecule has 0 radical (unpaired) electrons. The lowest BCUT2D eigenvalue weighted by Crippen LogP contribution is -2.41. The van der Waals surface area contributed by atoms with Crippen LogP contribution in [0.2, 0.25) is 0 Å². The predicted octanol–water partition coefficient (Wildman–Crippen LogP) is 7.43. The van der Waals surface area contributed by atoms with Gasteiger partial charge in [-0.25, -0.2) is 4.99 Å². The molecule has 0 spiro atoms. The molecule has 1 rings (SSSR count). The van der Waals surface area contributed by atoms with E-state index in [-0.39, 0.29) is 36.1 Å². The number of esters is 1. The summed E-state index contributed by atoms with van der Waals surface area (Å²) >= 11 is 0. The van der Waals surface area contributed by atoms with Crippen molar-refractivity contribution in [2.45, 2.75) is 113 Å². The van der Waals surface area contributed by atoms with Gasteiger partial charge in [0.15, 0.2) is 0 Å². The fourth-order valence-electron chi connectivity index (χ4n) is 4.44. The minimum atomic E-state index is -1.18. The van der Waals surface area contributed by atoms with Crippen molar-refractivity contribution in [3.63, 3.8) is 0 Å². The van der Waals surface area contributed by atoms with Crippen LogP contribution in [0.25, 0.3) is 6.08 Å². The molecular formula is C37H59NO7. The van der Waals surface area contributed by atoms with E-state index in [2.05, 4.69) is 4.99 Å². The van der Waals surface area contributed by atoms with Crippen LogP contribution in [-0.2, 0) is 28.6 Å². The maximum Gasteiger partial charge on any atom is 0.316 e. The third-order valence-corrected chi connectivity index (χ3v) is 7.06. The summed E-state index contributed by atoms with van der Waals surface area (Å²) in [6.07, 6.45) is 6.08. The van der Waals surface area contributed by atoms with E-state index >= 15 is 0 Å². The molecule has 8 heteroatoms. The predicted molar refractivity (Wildman–Crippen MR) is 183 cm³/mol. The minimum Gasteiger partial charge on any atom is -0.459 e. The number of carbonyl (C=O) groups excluding carboxylic acids is 3. The van der Waals surface area contributed by atoms with Gasteiger partial charge in [-0.05, 0) is 57.6 Å². The van der Waals surface area contributed by atoms with Gasteiger partial charge in [-0.3, -0.25) is 14.4 Å². The third-order valence-electron chi connectivity index (χ3n) is 7.06. The SMILES string of the molecule is CC.CC[C@@H](OC(=O)C(C)C(=O)CCC(C)OC/C(=C/C=C/c1ccccc1)COCC(C)C(=NC(C)=O)C(C)C)C(C)(C)O. The van der Waals surface area contributed by atoms with Crippen molar-refractivity contribution in [2.24, 2.45) is 22.7 Å². The Kier molecular flexibility index (Phi) is 21.1. The van der Waals surface area contributed by atoms with E-state index < -0.39 is 23.6 Å². The zero-order valence-corrected chi connectivity index (χ0v) is 29.6. The highest BCUT2D eigenvalue weighted by atomic mass is 16.6. The van der Waals surface area contributed by atoms with Crippen molar-refractivity contribution in [1.29, 1.82) is 0 Å². The summed E-state index contributed by atoms with van der Waals surface area (Å²) in [5.74, 6) is -1.85. The van der Waals surface area contributed by atoms with Crippen LogP contribution in [0, 0.1) is 17.8 Å². The first-order chi connectivity index (χ1) is 21.1. The molecule has 3 unspecified atom stereocenters. The van der Waals surface area contributed by atoms with Crippen LogP contribution in [0.5, 0.6) is 0 Å². The number of aliphatic hydroxyl groups is 1. The standard InChI is InChI=1S/C35H53NO7.C2H6/c1-10-32(35(8,9)40)43-34(39)27(6)31(38)20-19-26(5)42-23-30(18-14-17-29-15-12-11-13-16-29)22-41-21-25(4)33(24(2)3)36-28(7)37;1-2/h11-18,24-27,32,40H,10,19-23H2,1-9H3;1-2H3/b17-14+,30-18+,36-33?;/t25?,26?,27?,32-;/m1./s1. The molecule has 45 heavy (non-hydrogen) atoms. The number of hydrogen-bond donors (Lipinski definition) is 1. The van der Waals surface area contributed by atoms with Crippen molar-refractivity contribution < 1.29 is 33.7 Å². The van der Waals surface area contributed by atoms with E-state index in [9.17, 15) is 19.5 Å². The fraction of sp³-hybridized carbons (Fsp3) is 0.622. The summed E-state index contributed by atoms with van der Waals surface area (Å²) in [6.45, 7) is 20.9. The van der Waals surface area contributed by atoms with Gasteiger partial charge in [0.05, 0.1) is 31.5 Å². The van der Waals surface area contributed by atoms with Crippen LogP contribution >= 0.6 is 0 Å². The van der Waals surface area contributed by atoms with Crippen molar-refractivity contribution in [1.82, 2.24) is 0 Å². The van der Waals surface area contributed by atoms with Gasteiger partial charge < -0.3 is 19.3 Å². The second-order valence-corrected chi connectivity index (χ2v) is 12.1. The smallest absolute Gasteiger partial charge is 0.316 e. The Bertz CT molecular complexity index is 1100. The van der Waals surface area contributed by atoms with Crippen molar-refractivity contribution in [3.05, 3.63) is 53.6 Å². The van der Waals surface area contributed by atoms with Gasteiger partial charge in [0.1, 0.15) is 17.8 Å². The van der Waals surface area contributed by atoms with E-state index in [0.717, 1.165) is 16.8 Å². The topological polar surface area (TPSA) is 111 Å². The van der Waals surface area contributed by atoms with Crippen LogP contribution in [0.15, 0.2) is 53.0 Å². The Morgan fingerprint density at radius 3 is 2.16 bits per heavy atom. The largest absolute Gasteiger partial charge is 0.459 e. The van der Waals surface area contributed by atoms with Gasteiger partial charge in [-0.2, -0.15) is 0 Å². The number of Topliss-reactive ketones (excluding diaryl/α,β-unsaturated/α-hetero) is 1. The maximum atomic E-state index is 12.7. The summed E-state index contributed by atoms with van der Waals surface area (Å²) in [7, 11) is 0. The fourth-order valence-corrected chi connectivity index (χ4v) is 4.44. The number of carbonyl (C=O) groups is 3.